The molecule has 218 valence electrons. The van der Waals surface area contributed by atoms with Gasteiger partial charge in [0.2, 0.25) is 5.89 Å². The van der Waals surface area contributed by atoms with Crippen molar-refractivity contribution in [3.8, 4) is 11.5 Å². The van der Waals surface area contributed by atoms with Gasteiger partial charge in [0.25, 0.3) is 10.1 Å². The van der Waals surface area contributed by atoms with Gasteiger partial charge >= 0.3 is 17.6 Å². The van der Waals surface area contributed by atoms with Gasteiger partial charge in [-0.05, 0) is 70.0 Å². The maximum Gasteiger partial charge on any atom is 0.349 e. The molecule has 2 N–H and O–H groups in total. The van der Waals surface area contributed by atoms with Gasteiger partial charge in [-0.2, -0.15) is 8.42 Å². The Morgan fingerprint density at radius 1 is 1.00 bits per heavy atom. The first-order valence-corrected chi connectivity index (χ1v) is 14.4. The third kappa shape index (κ3) is 7.92. The van der Waals surface area contributed by atoms with Crippen LogP contribution in [-0.2, 0) is 19.6 Å². The summed E-state index contributed by atoms with van der Waals surface area (Å²) in [6.07, 6.45) is 0.701. The predicted octanol–water partition coefficient (Wildman–Crippen LogP) is 4.51. The molecule has 13 heteroatoms. The molecule has 0 atom stereocenters. The molecule has 0 aliphatic rings. The monoisotopic (exact) mass is 586 g/mol. The van der Waals surface area contributed by atoms with E-state index in [4.69, 9.17) is 18.1 Å². The van der Waals surface area contributed by atoms with Crippen LogP contribution in [0.2, 0.25) is 0 Å². The molecule has 4 rings (SSSR count). The predicted molar refractivity (Wildman–Crippen MR) is 151 cm³/mol. The van der Waals surface area contributed by atoms with Crippen molar-refractivity contribution in [3.05, 3.63) is 58.4 Å². The summed E-state index contributed by atoms with van der Waals surface area (Å²) in [4.78, 5) is 42.4. The summed E-state index contributed by atoms with van der Waals surface area (Å²) in [7, 11) is -4.15. The summed E-state index contributed by atoms with van der Waals surface area (Å²) in [5.41, 5.74) is 0.214. The summed E-state index contributed by atoms with van der Waals surface area (Å²) >= 11 is 0. The average molecular weight is 587 g/mol. The number of aromatic nitrogens is 1. The van der Waals surface area contributed by atoms with E-state index in [9.17, 15) is 27.9 Å². The lowest BCUT2D eigenvalue weighted by Gasteiger charge is -2.25. The second-order valence-corrected chi connectivity index (χ2v) is 12.1. The van der Waals surface area contributed by atoms with Crippen molar-refractivity contribution in [1.82, 2.24) is 4.98 Å². The fourth-order valence-electron chi connectivity index (χ4n) is 4.23. The third-order valence-corrected chi connectivity index (χ3v) is 6.81. The number of carboxylic acids is 1. The van der Waals surface area contributed by atoms with Crippen LogP contribution in [0.5, 0.6) is 0 Å². The molecule has 12 nitrogen and oxygen atoms in total. The quantitative estimate of drug-likeness (QED) is 0.143. The summed E-state index contributed by atoms with van der Waals surface area (Å²) < 4.78 is 48.2. The largest absolute Gasteiger partial charge is 0.478 e. The van der Waals surface area contributed by atoms with E-state index in [0.29, 0.717) is 29.6 Å². The van der Waals surface area contributed by atoms with Crippen molar-refractivity contribution >= 4 is 49.8 Å². The van der Waals surface area contributed by atoms with E-state index in [1.54, 1.807) is 45.0 Å². The lowest BCUT2D eigenvalue weighted by atomic mass is 10.1. The molecule has 2 aromatic carbocycles. The number of oxazole rings is 1. The highest BCUT2D eigenvalue weighted by molar-refractivity contribution is 7.85. The van der Waals surface area contributed by atoms with Crippen molar-refractivity contribution in [2.75, 3.05) is 23.7 Å². The molecular formula is C28H30N2O10S. The molecule has 4 aromatic rings. The first kappa shape index (κ1) is 29.7. The Morgan fingerprint density at radius 2 is 1.73 bits per heavy atom. The first-order valence-electron chi connectivity index (χ1n) is 12.8. The van der Waals surface area contributed by atoms with Crippen LogP contribution < -0.4 is 10.5 Å². The number of aromatic carboxylic acids is 1. The molecule has 0 saturated carbocycles. The molecule has 0 aliphatic carbocycles. The van der Waals surface area contributed by atoms with Gasteiger partial charge in [-0.15, -0.1) is 0 Å². The molecule has 0 saturated heterocycles. The summed E-state index contributed by atoms with van der Waals surface area (Å²) in [5, 5.41) is 9.76. The molecule has 0 aliphatic heterocycles. The first-order chi connectivity index (χ1) is 19.2. The smallest absolute Gasteiger partial charge is 0.349 e. The second kappa shape index (κ2) is 11.7. The molecule has 0 unspecified atom stereocenters. The second-order valence-electron chi connectivity index (χ2n) is 10.5. The van der Waals surface area contributed by atoms with Crippen molar-refractivity contribution in [3.63, 3.8) is 0 Å². The number of benzene rings is 2. The maximum atomic E-state index is 12.9. The Bertz CT molecular complexity index is 1770. The highest BCUT2D eigenvalue weighted by Crippen LogP contribution is 2.28. The molecule has 41 heavy (non-hydrogen) atoms. The summed E-state index contributed by atoms with van der Waals surface area (Å²) in [5.74, 6) is -1.93. The van der Waals surface area contributed by atoms with E-state index in [-0.39, 0.29) is 53.5 Å². The number of hydrogen-bond donors (Lipinski definition) is 2. The van der Waals surface area contributed by atoms with Gasteiger partial charge in [0.15, 0.2) is 5.58 Å². The van der Waals surface area contributed by atoms with Crippen molar-refractivity contribution in [1.29, 1.82) is 0 Å². The van der Waals surface area contributed by atoms with E-state index < -0.39 is 33.1 Å². The number of esters is 1. The minimum absolute atomic E-state index is 0.0174. The molecule has 2 heterocycles. The van der Waals surface area contributed by atoms with Crippen LogP contribution in [0.4, 0.5) is 5.69 Å². The average Bonchev–Trinajstić information content (AvgIpc) is 3.28. The molecule has 0 amide bonds. The number of hydrogen-bond acceptors (Lipinski definition) is 10. The van der Waals surface area contributed by atoms with Gasteiger partial charge in [-0.25, -0.2) is 14.6 Å². The van der Waals surface area contributed by atoms with Crippen molar-refractivity contribution in [2.24, 2.45) is 0 Å². The van der Waals surface area contributed by atoms with Crippen LogP contribution in [0.25, 0.3) is 33.5 Å². The Balaban J connectivity index is 1.59. The highest BCUT2D eigenvalue weighted by Gasteiger charge is 2.19. The number of carboxylic acid groups (broad SMARTS) is 1. The normalized spacial score (nSPS) is 12.1. The van der Waals surface area contributed by atoms with Crippen molar-refractivity contribution < 1.29 is 41.2 Å². The number of ether oxygens (including phenoxy) is 1. The highest BCUT2D eigenvalue weighted by atomic mass is 32.2. The Morgan fingerprint density at radius 3 is 2.41 bits per heavy atom. The van der Waals surface area contributed by atoms with E-state index in [0.717, 1.165) is 0 Å². The van der Waals surface area contributed by atoms with Gasteiger partial charge in [-0.1, -0.05) is 0 Å². The number of fused-ring (bicyclic) bond motifs is 2. The number of anilines is 1. The van der Waals surface area contributed by atoms with E-state index in [2.05, 4.69) is 4.98 Å². The lowest BCUT2D eigenvalue weighted by Crippen LogP contribution is -2.28. The zero-order chi connectivity index (χ0) is 29.9. The molecule has 0 bridgehead atoms. The zero-order valence-electron chi connectivity index (χ0n) is 22.7. The number of carbonyl (C=O) groups excluding carboxylic acids is 1. The van der Waals surface area contributed by atoms with E-state index in [1.165, 1.54) is 18.2 Å². The van der Waals surface area contributed by atoms with Gasteiger partial charge in [0.05, 0.1) is 11.3 Å². The summed E-state index contributed by atoms with van der Waals surface area (Å²) in [6, 6.07) is 10.9. The molecule has 0 radical (unpaired) electrons. The third-order valence-electron chi connectivity index (χ3n) is 6.01. The minimum atomic E-state index is -4.15. The lowest BCUT2D eigenvalue weighted by molar-refractivity contribution is -0.154. The van der Waals surface area contributed by atoms with Crippen LogP contribution in [0, 0.1) is 0 Å². The SMILES string of the molecule is CC(C)(C)OC(=O)CCCN(CCCS(=O)(=O)O)c1ccc2cc(-c3nc4ccc(C(=O)O)cc4o3)c(=O)oc2c1. The molecular weight excluding hydrogens is 556 g/mol. The summed E-state index contributed by atoms with van der Waals surface area (Å²) in [6.45, 7) is 5.96. The Labute approximate surface area is 235 Å². The molecule has 2 aromatic heterocycles. The minimum Gasteiger partial charge on any atom is -0.478 e. The zero-order valence-corrected chi connectivity index (χ0v) is 23.6. The number of rotatable bonds is 11. The van der Waals surface area contributed by atoms with Crippen LogP contribution >= 0.6 is 0 Å². The van der Waals surface area contributed by atoms with Gasteiger partial charge in [0, 0.05) is 36.7 Å². The van der Waals surface area contributed by atoms with Crippen molar-refractivity contribution in [2.45, 2.75) is 45.6 Å². The maximum absolute atomic E-state index is 12.9. The van der Waals surface area contributed by atoms with Crippen LogP contribution in [0.3, 0.4) is 0 Å². The fraction of sp³-hybridized carbons (Fsp3) is 0.357. The standard InChI is InChI=1S/C28H30N2O10S/c1-28(2,3)40-24(31)6-4-11-30(12-5-13-41(35,36)37)19-9-7-17-14-20(27(34)39-22(17)16-19)25-29-21-10-8-18(26(32)33)15-23(21)38-25/h7-10,14-16H,4-6,11-13H2,1-3H3,(H,32,33)(H,35,36,37). The van der Waals surface area contributed by atoms with Gasteiger partial charge in [0.1, 0.15) is 22.3 Å². The van der Waals surface area contributed by atoms with Crippen LogP contribution in [0.1, 0.15) is 50.4 Å². The topological polar surface area (TPSA) is 177 Å². The number of carbonyl (C=O) groups is 2. The Kier molecular flexibility index (Phi) is 8.50. The van der Waals surface area contributed by atoms with Gasteiger partial charge < -0.3 is 23.6 Å². The molecule has 0 spiro atoms. The van der Waals surface area contributed by atoms with E-state index in [1.807, 2.05) is 4.90 Å². The Hall–Kier alpha value is -4.23. The van der Waals surface area contributed by atoms with Gasteiger partial charge in [-0.3, -0.25) is 9.35 Å². The fourth-order valence-corrected chi connectivity index (χ4v) is 4.73. The number of nitrogens with zero attached hydrogens (tertiary/aromatic N) is 2. The van der Waals surface area contributed by atoms with Crippen LogP contribution in [0.15, 0.2) is 56.1 Å². The molecule has 0 fully saturated rings. The van der Waals surface area contributed by atoms with Crippen LogP contribution in [-0.4, -0.2) is 59.4 Å². The van der Waals surface area contributed by atoms with E-state index >= 15 is 0 Å².